The highest BCUT2D eigenvalue weighted by Crippen LogP contribution is 2.13. The van der Waals surface area contributed by atoms with Gasteiger partial charge in [0.1, 0.15) is 0 Å². The lowest BCUT2D eigenvalue weighted by Gasteiger charge is -1.93. The van der Waals surface area contributed by atoms with E-state index in [2.05, 4.69) is 5.14 Å². The van der Waals surface area contributed by atoms with Gasteiger partial charge in [0.2, 0.25) is 0 Å². The lowest BCUT2D eigenvalue weighted by molar-refractivity contribution is -0.192. The van der Waals surface area contributed by atoms with Gasteiger partial charge in [-0.05, 0) is 0 Å². The Morgan fingerprint density at radius 3 is 1.18 bits per heavy atom. The molecule has 1 aromatic carbocycles. The van der Waals surface area contributed by atoms with Crippen LogP contribution in [0.5, 0.6) is 0 Å². The minimum absolute atomic E-state index is 2.00. The SMILES string of the molecule is N[SH](=O)=O.O=C(O)C(F)(F)F.c1ccccc1. The van der Waals surface area contributed by atoms with Gasteiger partial charge in [0.15, 0.2) is 10.9 Å². The van der Waals surface area contributed by atoms with Crippen molar-refractivity contribution in [3.05, 3.63) is 36.4 Å². The standard InChI is InChI=1S/C6H6.C2HF3O2.H3NO2S/c1-2-4-6-5-3-1;3-2(4,5)1(6)7;1-4(2)3/h1-6H;(H,6,7);4H,(H2,1,2,3). The van der Waals surface area contributed by atoms with Crippen molar-refractivity contribution in [2.75, 3.05) is 0 Å². The predicted octanol–water partition coefficient (Wildman–Crippen LogP) is 0.791. The van der Waals surface area contributed by atoms with Crippen LogP contribution < -0.4 is 5.14 Å². The van der Waals surface area contributed by atoms with Crippen LogP contribution in [-0.4, -0.2) is 25.7 Å². The number of carboxylic acid groups (broad SMARTS) is 1. The molecule has 5 nitrogen and oxygen atoms in total. The summed E-state index contributed by atoms with van der Waals surface area (Å²) in [5.74, 6) is -2.76. The van der Waals surface area contributed by atoms with Gasteiger partial charge in [0.05, 0.1) is 0 Å². The third-order valence-corrected chi connectivity index (χ3v) is 0.909. The largest absolute Gasteiger partial charge is 0.490 e. The van der Waals surface area contributed by atoms with E-state index in [1.54, 1.807) is 0 Å². The third-order valence-electron chi connectivity index (χ3n) is 0.909. The quantitative estimate of drug-likeness (QED) is 0.609. The summed E-state index contributed by atoms with van der Waals surface area (Å²) >= 11 is 0. The first-order chi connectivity index (χ1) is 7.68. The second-order valence-corrected chi connectivity index (χ2v) is 2.81. The molecule has 0 aromatic heterocycles. The first-order valence-electron chi connectivity index (χ1n) is 3.87. The smallest absolute Gasteiger partial charge is 0.475 e. The number of hydrogen-bond donors (Lipinski definition) is 3. The van der Waals surface area contributed by atoms with Gasteiger partial charge in [0.25, 0.3) is 0 Å². The first-order valence-corrected chi connectivity index (χ1v) is 5.11. The van der Waals surface area contributed by atoms with Gasteiger partial charge >= 0.3 is 12.1 Å². The molecule has 0 heterocycles. The lowest BCUT2D eigenvalue weighted by Crippen LogP contribution is -2.21. The lowest BCUT2D eigenvalue weighted by atomic mass is 10.4. The van der Waals surface area contributed by atoms with Gasteiger partial charge in [-0.25, -0.2) is 18.4 Å². The Labute approximate surface area is 96.8 Å². The van der Waals surface area contributed by atoms with E-state index < -0.39 is 23.0 Å². The highest BCUT2D eigenvalue weighted by molar-refractivity contribution is 7.69. The molecule has 0 aliphatic rings. The number of rotatable bonds is 0. The summed E-state index contributed by atoms with van der Waals surface area (Å²) in [6.07, 6.45) is -5.08. The number of nitrogens with two attached hydrogens (primary N) is 1. The van der Waals surface area contributed by atoms with Gasteiger partial charge in [-0.1, -0.05) is 36.4 Å². The molecule has 0 aliphatic heterocycles. The first kappa shape index (κ1) is 17.8. The highest BCUT2D eigenvalue weighted by atomic mass is 32.2. The molecular formula is C8H10F3NO4S. The number of carbonyl (C=O) groups is 1. The number of benzene rings is 1. The van der Waals surface area contributed by atoms with Crippen molar-refractivity contribution in [1.29, 1.82) is 0 Å². The second-order valence-electron chi connectivity index (χ2n) is 2.24. The highest BCUT2D eigenvalue weighted by Gasteiger charge is 2.38. The van der Waals surface area contributed by atoms with Crippen molar-refractivity contribution in [2.24, 2.45) is 5.14 Å². The molecule has 0 bridgehead atoms. The van der Waals surface area contributed by atoms with E-state index in [1.807, 2.05) is 36.4 Å². The molecule has 0 spiro atoms. The van der Waals surface area contributed by atoms with Crippen molar-refractivity contribution in [1.82, 2.24) is 0 Å². The Morgan fingerprint density at radius 2 is 1.12 bits per heavy atom. The summed E-state index contributed by atoms with van der Waals surface area (Å²) in [5, 5.41) is 11.2. The maximum absolute atomic E-state index is 10.6. The molecule has 0 saturated heterocycles. The van der Waals surface area contributed by atoms with Crippen LogP contribution in [-0.2, 0) is 15.7 Å². The summed E-state index contributed by atoms with van der Waals surface area (Å²) in [6.45, 7) is 0. The number of alkyl halides is 3. The Bertz CT molecular complexity index is 343. The molecule has 0 fully saturated rings. The fourth-order valence-electron chi connectivity index (χ4n) is 0.385. The van der Waals surface area contributed by atoms with Gasteiger partial charge in [-0.3, -0.25) is 0 Å². The summed E-state index contributed by atoms with van der Waals surface area (Å²) < 4.78 is 49.4. The summed E-state index contributed by atoms with van der Waals surface area (Å²) in [7, 11) is -2.62. The summed E-state index contributed by atoms with van der Waals surface area (Å²) in [5.41, 5.74) is 0. The van der Waals surface area contributed by atoms with Gasteiger partial charge < -0.3 is 5.11 Å². The maximum Gasteiger partial charge on any atom is 0.490 e. The summed E-state index contributed by atoms with van der Waals surface area (Å²) in [6, 6.07) is 12.0. The van der Waals surface area contributed by atoms with Crippen LogP contribution in [0.1, 0.15) is 0 Å². The molecule has 3 N–H and O–H groups in total. The van der Waals surface area contributed by atoms with Crippen LogP contribution in [0.25, 0.3) is 0 Å². The van der Waals surface area contributed by atoms with Gasteiger partial charge in [-0.2, -0.15) is 13.2 Å². The Kier molecular flexibility index (Phi) is 10.0. The number of aliphatic carboxylic acids is 1. The van der Waals surface area contributed by atoms with Crippen molar-refractivity contribution in [2.45, 2.75) is 6.18 Å². The fraction of sp³-hybridized carbons (Fsp3) is 0.125. The van der Waals surface area contributed by atoms with Crippen LogP contribution in [0.3, 0.4) is 0 Å². The molecule has 17 heavy (non-hydrogen) atoms. The Hall–Kier alpha value is -1.61. The molecule has 0 unspecified atom stereocenters. The van der Waals surface area contributed by atoms with E-state index in [1.165, 1.54) is 0 Å². The molecule has 1 rings (SSSR count). The van der Waals surface area contributed by atoms with Gasteiger partial charge in [-0.15, -0.1) is 0 Å². The van der Waals surface area contributed by atoms with Crippen LogP contribution in [0, 0.1) is 0 Å². The van der Waals surface area contributed by atoms with E-state index >= 15 is 0 Å². The van der Waals surface area contributed by atoms with E-state index in [0.717, 1.165) is 0 Å². The van der Waals surface area contributed by atoms with E-state index in [4.69, 9.17) is 18.3 Å². The van der Waals surface area contributed by atoms with Crippen LogP contribution >= 0.6 is 0 Å². The van der Waals surface area contributed by atoms with Crippen molar-refractivity contribution < 1.29 is 31.5 Å². The normalized spacial score (nSPS) is 9.47. The molecule has 0 aliphatic carbocycles. The second kappa shape index (κ2) is 9.60. The molecular weight excluding hydrogens is 263 g/mol. The number of halogens is 3. The monoisotopic (exact) mass is 273 g/mol. The Balaban J connectivity index is 0. The van der Waals surface area contributed by atoms with Crippen LogP contribution in [0.4, 0.5) is 13.2 Å². The maximum atomic E-state index is 10.6. The number of thiol groups is 1. The zero-order valence-electron chi connectivity index (χ0n) is 8.29. The average Bonchev–Trinajstić information content (AvgIpc) is 2.19. The third kappa shape index (κ3) is 20.5. The molecule has 0 saturated carbocycles. The molecule has 0 amide bonds. The molecule has 0 atom stereocenters. The topological polar surface area (TPSA) is 97.5 Å². The zero-order valence-corrected chi connectivity index (χ0v) is 9.19. The van der Waals surface area contributed by atoms with Crippen molar-refractivity contribution in [3.8, 4) is 0 Å². The number of hydrogen-bond acceptors (Lipinski definition) is 3. The van der Waals surface area contributed by atoms with E-state index in [9.17, 15) is 13.2 Å². The van der Waals surface area contributed by atoms with E-state index in [-0.39, 0.29) is 0 Å². The minimum Gasteiger partial charge on any atom is -0.475 e. The molecule has 1 aromatic rings. The van der Waals surface area contributed by atoms with Crippen molar-refractivity contribution >= 4 is 16.9 Å². The average molecular weight is 273 g/mol. The minimum atomic E-state index is -5.08. The molecule has 9 heteroatoms. The summed E-state index contributed by atoms with van der Waals surface area (Å²) in [4.78, 5) is 8.90. The van der Waals surface area contributed by atoms with Crippen LogP contribution in [0.15, 0.2) is 36.4 Å². The molecule has 98 valence electrons. The van der Waals surface area contributed by atoms with Gasteiger partial charge in [0, 0.05) is 0 Å². The zero-order chi connectivity index (χ0) is 13.9. The molecule has 0 radical (unpaired) electrons. The van der Waals surface area contributed by atoms with Crippen molar-refractivity contribution in [3.63, 3.8) is 0 Å². The fourth-order valence-corrected chi connectivity index (χ4v) is 0.385. The predicted molar refractivity (Wildman–Crippen MR) is 54.6 cm³/mol. The van der Waals surface area contributed by atoms with Crippen LogP contribution in [0.2, 0.25) is 0 Å². The number of carboxylic acids is 1. The van der Waals surface area contributed by atoms with E-state index in [0.29, 0.717) is 0 Å². The Morgan fingerprint density at radius 1 is 1.00 bits per heavy atom.